The fourth-order valence-electron chi connectivity index (χ4n) is 2.84. The van der Waals surface area contributed by atoms with Crippen LogP contribution in [-0.4, -0.2) is 7.11 Å². The zero-order valence-electron chi connectivity index (χ0n) is 12.2. The minimum absolute atomic E-state index is 0.110. The van der Waals surface area contributed by atoms with Crippen LogP contribution in [0.25, 0.3) is 0 Å². The number of ether oxygens (including phenoxy) is 2. The summed E-state index contributed by atoms with van der Waals surface area (Å²) in [6, 6.07) is 14.8. The van der Waals surface area contributed by atoms with E-state index in [-0.39, 0.29) is 6.10 Å². The van der Waals surface area contributed by atoms with Crippen LogP contribution < -0.4 is 4.74 Å². The molecule has 108 valence electrons. The second kappa shape index (κ2) is 5.89. The monoisotopic (exact) mass is 290 g/mol. The van der Waals surface area contributed by atoms with Gasteiger partial charge in [0, 0.05) is 12.7 Å². The van der Waals surface area contributed by atoms with E-state index in [2.05, 4.69) is 6.07 Å². The van der Waals surface area contributed by atoms with Gasteiger partial charge < -0.3 is 9.47 Å². The van der Waals surface area contributed by atoms with Gasteiger partial charge in [-0.2, -0.15) is 10.5 Å². The number of hydrogen-bond acceptors (Lipinski definition) is 4. The third-order valence-electron chi connectivity index (χ3n) is 3.85. The van der Waals surface area contributed by atoms with Crippen LogP contribution in [0.4, 0.5) is 0 Å². The molecule has 22 heavy (non-hydrogen) atoms. The Morgan fingerprint density at radius 2 is 1.82 bits per heavy atom. The van der Waals surface area contributed by atoms with E-state index in [4.69, 9.17) is 20.0 Å². The van der Waals surface area contributed by atoms with Crippen LogP contribution in [0.2, 0.25) is 0 Å². The second-order valence-electron chi connectivity index (χ2n) is 5.16. The SMILES string of the molecule is CO[C@@H]1CCc2c(Oc3cc(C#N)cc(C#N)c3)cccc21. The van der Waals surface area contributed by atoms with Crippen molar-refractivity contribution in [3.63, 3.8) is 0 Å². The molecule has 0 spiro atoms. The van der Waals surface area contributed by atoms with Crippen LogP contribution in [0.1, 0.15) is 34.8 Å². The third kappa shape index (κ3) is 2.53. The molecule has 0 aromatic heterocycles. The van der Waals surface area contributed by atoms with Crippen LogP contribution in [0.5, 0.6) is 11.5 Å². The average Bonchev–Trinajstić information content (AvgIpc) is 2.98. The Morgan fingerprint density at radius 1 is 1.09 bits per heavy atom. The van der Waals surface area contributed by atoms with Gasteiger partial charge in [0.15, 0.2) is 0 Å². The molecule has 0 heterocycles. The van der Waals surface area contributed by atoms with E-state index < -0.39 is 0 Å². The molecule has 0 radical (unpaired) electrons. The van der Waals surface area contributed by atoms with Gasteiger partial charge in [-0.1, -0.05) is 12.1 Å². The molecule has 3 rings (SSSR count). The van der Waals surface area contributed by atoms with Crippen molar-refractivity contribution in [2.24, 2.45) is 0 Å². The number of rotatable bonds is 3. The second-order valence-corrected chi connectivity index (χ2v) is 5.16. The highest BCUT2D eigenvalue weighted by atomic mass is 16.5. The standard InChI is InChI=1S/C18H14N2O2/c1-21-17-6-5-16-15(17)3-2-4-18(16)22-14-8-12(10-19)7-13(9-14)11-20/h2-4,7-9,17H,5-6H2,1H3/t17-/m1/s1. The molecular weight excluding hydrogens is 276 g/mol. The molecule has 0 unspecified atom stereocenters. The van der Waals surface area contributed by atoms with Crippen LogP contribution in [0.15, 0.2) is 36.4 Å². The largest absolute Gasteiger partial charge is 0.457 e. The van der Waals surface area contributed by atoms with Gasteiger partial charge in [-0.15, -0.1) is 0 Å². The lowest BCUT2D eigenvalue weighted by molar-refractivity contribution is 0.105. The van der Waals surface area contributed by atoms with E-state index in [0.29, 0.717) is 16.9 Å². The van der Waals surface area contributed by atoms with Crippen molar-refractivity contribution < 1.29 is 9.47 Å². The van der Waals surface area contributed by atoms with Crippen molar-refractivity contribution in [3.05, 3.63) is 58.7 Å². The maximum atomic E-state index is 9.04. The predicted molar refractivity (Wildman–Crippen MR) is 80.5 cm³/mol. The summed E-state index contributed by atoms with van der Waals surface area (Å²) in [7, 11) is 1.71. The van der Waals surface area contributed by atoms with Crippen LogP contribution in [0, 0.1) is 22.7 Å². The Bertz CT molecular complexity index is 767. The van der Waals surface area contributed by atoms with Crippen molar-refractivity contribution in [1.82, 2.24) is 0 Å². The lowest BCUT2D eigenvalue weighted by Gasteiger charge is -2.12. The molecule has 4 nitrogen and oxygen atoms in total. The maximum Gasteiger partial charge on any atom is 0.130 e. The lowest BCUT2D eigenvalue weighted by Crippen LogP contribution is -1.96. The van der Waals surface area contributed by atoms with Gasteiger partial charge in [0.2, 0.25) is 0 Å². The van der Waals surface area contributed by atoms with E-state index in [1.165, 1.54) is 0 Å². The van der Waals surface area contributed by atoms with Crippen molar-refractivity contribution in [2.75, 3.05) is 7.11 Å². The first-order chi connectivity index (χ1) is 10.7. The predicted octanol–water partition coefficient (Wildman–Crippen LogP) is 3.86. The quantitative estimate of drug-likeness (QED) is 0.861. The Morgan fingerprint density at radius 3 is 2.45 bits per heavy atom. The summed E-state index contributed by atoms with van der Waals surface area (Å²) in [5, 5.41) is 18.1. The number of benzene rings is 2. The summed E-state index contributed by atoms with van der Waals surface area (Å²) >= 11 is 0. The van der Waals surface area contributed by atoms with Crippen molar-refractivity contribution >= 4 is 0 Å². The van der Waals surface area contributed by atoms with Gasteiger partial charge in [-0.05, 0) is 42.7 Å². The maximum absolute atomic E-state index is 9.04. The molecule has 1 aliphatic rings. The minimum atomic E-state index is 0.110. The Hall–Kier alpha value is -2.82. The van der Waals surface area contributed by atoms with E-state index >= 15 is 0 Å². The summed E-state index contributed by atoms with van der Waals surface area (Å²) < 4.78 is 11.4. The first-order valence-corrected chi connectivity index (χ1v) is 7.03. The van der Waals surface area contributed by atoms with Gasteiger partial charge in [0.25, 0.3) is 0 Å². The molecular formula is C18H14N2O2. The van der Waals surface area contributed by atoms with Crippen molar-refractivity contribution in [1.29, 1.82) is 10.5 Å². The van der Waals surface area contributed by atoms with E-state index in [9.17, 15) is 0 Å². The molecule has 0 saturated carbocycles. The van der Waals surface area contributed by atoms with Crippen LogP contribution in [-0.2, 0) is 11.2 Å². The molecule has 0 aliphatic heterocycles. The number of methoxy groups -OCH3 is 1. The van der Waals surface area contributed by atoms with Crippen LogP contribution >= 0.6 is 0 Å². The number of fused-ring (bicyclic) bond motifs is 1. The summed E-state index contributed by atoms with van der Waals surface area (Å²) in [6.45, 7) is 0. The molecule has 0 amide bonds. The first-order valence-electron chi connectivity index (χ1n) is 7.03. The Kier molecular flexibility index (Phi) is 3.78. The molecule has 1 aliphatic carbocycles. The molecule has 1 atom stereocenters. The molecule has 4 heteroatoms. The summed E-state index contributed by atoms with van der Waals surface area (Å²) in [5.74, 6) is 1.26. The highest BCUT2D eigenvalue weighted by Crippen LogP contribution is 2.40. The minimum Gasteiger partial charge on any atom is -0.457 e. The number of nitriles is 2. The zero-order chi connectivity index (χ0) is 15.5. The highest BCUT2D eigenvalue weighted by Gasteiger charge is 2.25. The third-order valence-corrected chi connectivity index (χ3v) is 3.85. The van der Waals surface area contributed by atoms with Crippen molar-refractivity contribution in [3.8, 4) is 23.6 Å². The first kappa shape index (κ1) is 14.1. The fraction of sp³-hybridized carbons (Fsp3) is 0.222. The molecule has 0 bridgehead atoms. The molecule has 0 saturated heterocycles. The summed E-state index contributed by atoms with van der Waals surface area (Å²) in [4.78, 5) is 0. The normalized spacial score (nSPS) is 15.7. The summed E-state index contributed by atoms with van der Waals surface area (Å²) in [6.07, 6.45) is 1.94. The Labute approximate surface area is 129 Å². The van der Waals surface area contributed by atoms with Gasteiger partial charge in [0.1, 0.15) is 11.5 Å². The topological polar surface area (TPSA) is 66.0 Å². The molecule has 0 fully saturated rings. The Balaban J connectivity index is 1.97. The molecule has 2 aromatic rings. The molecule has 2 aromatic carbocycles. The van der Waals surface area contributed by atoms with Crippen molar-refractivity contribution in [2.45, 2.75) is 18.9 Å². The zero-order valence-corrected chi connectivity index (χ0v) is 12.2. The fourth-order valence-corrected chi connectivity index (χ4v) is 2.84. The van der Waals surface area contributed by atoms with Crippen LogP contribution in [0.3, 0.4) is 0 Å². The molecule has 0 N–H and O–H groups in total. The van der Waals surface area contributed by atoms with E-state index in [1.807, 2.05) is 24.3 Å². The van der Waals surface area contributed by atoms with Gasteiger partial charge >= 0.3 is 0 Å². The highest BCUT2D eigenvalue weighted by molar-refractivity contribution is 5.50. The van der Waals surface area contributed by atoms with Gasteiger partial charge in [0.05, 0.1) is 29.4 Å². The van der Waals surface area contributed by atoms with E-state index in [1.54, 1.807) is 25.3 Å². The van der Waals surface area contributed by atoms with E-state index in [0.717, 1.165) is 29.7 Å². The summed E-state index contributed by atoms with van der Waals surface area (Å²) in [5.41, 5.74) is 3.11. The van der Waals surface area contributed by atoms with Gasteiger partial charge in [-0.25, -0.2) is 0 Å². The van der Waals surface area contributed by atoms with Gasteiger partial charge in [-0.3, -0.25) is 0 Å². The smallest absolute Gasteiger partial charge is 0.130 e. The average molecular weight is 290 g/mol. The lowest BCUT2D eigenvalue weighted by atomic mass is 10.1. The number of hydrogen-bond donors (Lipinski definition) is 0. The number of nitrogens with zero attached hydrogens (tertiary/aromatic N) is 2.